The number of ether oxygens (including phenoxy) is 2. The lowest BCUT2D eigenvalue weighted by Crippen LogP contribution is -2.24. The predicted molar refractivity (Wildman–Crippen MR) is 80.0 cm³/mol. The molecule has 0 saturated carbocycles. The van der Waals surface area contributed by atoms with Crippen molar-refractivity contribution in [1.29, 1.82) is 0 Å². The van der Waals surface area contributed by atoms with Gasteiger partial charge in [0.05, 0.1) is 19.4 Å². The number of methoxy groups -OCH3 is 1. The smallest absolute Gasteiger partial charge is 0.127 e. The molecule has 1 saturated heterocycles. The van der Waals surface area contributed by atoms with Crippen molar-refractivity contribution in [3.8, 4) is 5.75 Å². The summed E-state index contributed by atoms with van der Waals surface area (Å²) >= 11 is 0. The second kappa shape index (κ2) is 6.89. The van der Waals surface area contributed by atoms with Crippen molar-refractivity contribution >= 4 is 0 Å². The number of nitrogens with one attached hydrogen (secondary N) is 2. The summed E-state index contributed by atoms with van der Waals surface area (Å²) in [5, 5.41) is 10.1. The quantitative estimate of drug-likeness (QED) is 0.860. The van der Waals surface area contributed by atoms with Gasteiger partial charge in [-0.05, 0) is 24.6 Å². The number of H-pyrrole nitrogens is 1. The first kappa shape index (κ1) is 15.0. The highest BCUT2D eigenvalue weighted by Crippen LogP contribution is 2.33. The van der Waals surface area contributed by atoms with Crippen LogP contribution in [0.5, 0.6) is 5.75 Å². The first-order valence-corrected chi connectivity index (χ1v) is 7.41. The Kier molecular flexibility index (Phi) is 4.70. The molecule has 6 heteroatoms. The number of aromatic nitrogens is 2. The highest BCUT2D eigenvalue weighted by Gasteiger charge is 2.29. The number of benzene rings is 1. The van der Waals surface area contributed by atoms with E-state index in [-0.39, 0.29) is 11.9 Å². The van der Waals surface area contributed by atoms with Gasteiger partial charge in [-0.2, -0.15) is 5.10 Å². The van der Waals surface area contributed by atoms with E-state index < -0.39 is 0 Å². The van der Waals surface area contributed by atoms with Crippen molar-refractivity contribution in [2.75, 3.05) is 20.3 Å². The first-order valence-electron chi connectivity index (χ1n) is 7.41. The molecule has 0 aliphatic carbocycles. The maximum atomic E-state index is 13.8. The lowest BCUT2D eigenvalue weighted by Gasteiger charge is -2.18. The summed E-state index contributed by atoms with van der Waals surface area (Å²) in [5.41, 5.74) is 1.68. The maximum Gasteiger partial charge on any atom is 0.127 e. The van der Waals surface area contributed by atoms with Crippen molar-refractivity contribution in [1.82, 2.24) is 15.5 Å². The van der Waals surface area contributed by atoms with Crippen LogP contribution in [-0.2, 0) is 11.3 Å². The summed E-state index contributed by atoms with van der Waals surface area (Å²) in [4.78, 5) is 0. The van der Waals surface area contributed by atoms with E-state index in [1.807, 2.05) is 6.20 Å². The molecule has 1 aromatic carbocycles. The summed E-state index contributed by atoms with van der Waals surface area (Å²) < 4.78 is 24.7. The Morgan fingerprint density at radius 1 is 1.50 bits per heavy atom. The number of nitrogens with zero attached hydrogens (tertiary/aromatic N) is 1. The third-order valence-electron chi connectivity index (χ3n) is 4.04. The molecule has 1 aliphatic rings. The minimum atomic E-state index is -0.220. The van der Waals surface area contributed by atoms with Crippen LogP contribution in [0.15, 0.2) is 30.6 Å². The van der Waals surface area contributed by atoms with Gasteiger partial charge in [-0.15, -0.1) is 0 Å². The average molecular weight is 305 g/mol. The molecule has 0 unspecified atom stereocenters. The Balaban J connectivity index is 1.56. The molecule has 0 amide bonds. The van der Waals surface area contributed by atoms with Gasteiger partial charge in [0.15, 0.2) is 0 Å². The van der Waals surface area contributed by atoms with Gasteiger partial charge >= 0.3 is 0 Å². The summed E-state index contributed by atoms with van der Waals surface area (Å²) in [6.07, 6.45) is 4.71. The van der Waals surface area contributed by atoms with E-state index in [1.54, 1.807) is 25.4 Å². The molecule has 118 valence electrons. The van der Waals surface area contributed by atoms with Gasteiger partial charge in [-0.1, -0.05) is 0 Å². The molecule has 1 aromatic heterocycles. The largest absolute Gasteiger partial charge is 0.497 e. The third-order valence-corrected chi connectivity index (χ3v) is 4.04. The van der Waals surface area contributed by atoms with E-state index in [1.165, 1.54) is 6.07 Å². The highest BCUT2D eigenvalue weighted by molar-refractivity contribution is 5.29. The minimum absolute atomic E-state index is 0.0569. The Morgan fingerprint density at radius 2 is 2.41 bits per heavy atom. The SMILES string of the molecule is COc1ccc(F)c(CNC[C@H]2CCO[C@@H]2c2cn[nH]c2)c1. The van der Waals surface area contributed by atoms with Crippen molar-refractivity contribution < 1.29 is 13.9 Å². The van der Waals surface area contributed by atoms with Crippen LogP contribution in [0.4, 0.5) is 4.39 Å². The molecule has 2 atom stereocenters. The molecule has 1 fully saturated rings. The number of hydrogen-bond acceptors (Lipinski definition) is 4. The lowest BCUT2D eigenvalue weighted by molar-refractivity contribution is 0.0904. The Bertz CT molecular complexity index is 603. The number of rotatable bonds is 6. The van der Waals surface area contributed by atoms with Crippen molar-refractivity contribution in [3.05, 3.63) is 47.5 Å². The van der Waals surface area contributed by atoms with Crippen LogP contribution in [0.1, 0.15) is 23.7 Å². The molecule has 0 bridgehead atoms. The summed E-state index contributed by atoms with van der Waals surface area (Å²) in [5.74, 6) is 0.812. The Morgan fingerprint density at radius 3 is 3.18 bits per heavy atom. The Labute approximate surface area is 128 Å². The van der Waals surface area contributed by atoms with E-state index in [0.29, 0.717) is 23.8 Å². The minimum Gasteiger partial charge on any atom is -0.497 e. The molecule has 2 heterocycles. The molecule has 0 spiro atoms. The zero-order chi connectivity index (χ0) is 15.4. The van der Waals surface area contributed by atoms with Crippen LogP contribution in [0.3, 0.4) is 0 Å². The molecular formula is C16H20FN3O2. The number of hydrogen-bond donors (Lipinski definition) is 2. The van der Waals surface area contributed by atoms with Crippen LogP contribution in [0.25, 0.3) is 0 Å². The van der Waals surface area contributed by atoms with Gasteiger partial charge in [0.1, 0.15) is 11.6 Å². The van der Waals surface area contributed by atoms with Gasteiger partial charge < -0.3 is 14.8 Å². The van der Waals surface area contributed by atoms with Crippen molar-refractivity contribution in [3.63, 3.8) is 0 Å². The van der Waals surface area contributed by atoms with Crippen LogP contribution in [0.2, 0.25) is 0 Å². The van der Waals surface area contributed by atoms with Crippen molar-refractivity contribution in [2.45, 2.75) is 19.1 Å². The fourth-order valence-electron chi connectivity index (χ4n) is 2.83. The van der Waals surface area contributed by atoms with Gasteiger partial charge in [0.25, 0.3) is 0 Å². The molecule has 2 aromatic rings. The second-order valence-electron chi connectivity index (χ2n) is 5.46. The predicted octanol–water partition coefficient (Wildman–Crippen LogP) is 2.42. The van der Waals surface area contributed by atoms with E-state index in [2.05, 4.69) is 15.5 Å². The maximum absolute atomic E-state index is 13.8. The molecule has 3 rings (SSSR count). The van der Waals surface area contributed by atoms with Gasteiger partial charge in [0, 0.05) is 42.9 Å². The molecule has 0 radical (unpaired) electrons. The fraction of sp³-hybridized carbons (Fsp3) is 0.438. The van der Waals surface area contributed by atoms with Crippen LogP contribution in [-0.4, -0.2) is 30.5 Å². The topological polar surface area (TPSA) is 59.2 Å². The highest BCUT2D eigenvalue weighted by atomic mass is 19.1. The number of halogens is 1. The van der Waals surface area contributed by atoms with Crippen LogP contribution < -0.4 is 10.1 Å². The standard InChI is InChI=1S/C16H20FN3O2/c1-21-14-2-3-15(17)12(6-14)8-18-7-11-4-5-22-16(11)13-9-19-20-10-13/h2-3,6,9-11,16,18H,4-5,7-8H2,1H3,(H,19,20)/t11-,16+/m1/s1. The zero-order valence-electron chi connectivity index (χ0n) is 12.5. The van der Waals surface area contributed by atoms with E-state index in [0.717, 1.165) is 25.1 Å². The zero-order valence-corrected chi connectivity index (χ0v) is 12.5. The molecule has 5 nitrogen and oxygen atoms in total. The number of aromatic amines is 1. The van der Waals surface area contributed by atoms with Gasteiger partial charge in [0.2, 0.25) is 0 Å². The second-order valence-corrected chi connectivity index (χ2v) is 5.46. The van der Waals surface area contributed by atoms with Crippen LogP contribution in [0, 0.1) is 11.7 Å². The molecular weight excluding hydrogens is 285 g/mol. The molecule has 2 N–H and O–H groups in total. The van der Waals surface area contributed by atoms with Crippen LogP contribution >= 0.6 is 0 Å². The van der Waals surface area contributed by atoms with Gasteiger partial charge in [-0.25, -0.2) is 4.39 Å². The van der Waals surface area contributed by atoms with E-state index >= 15 is 0 Å². The summed E-state index contributed by atoms with van der Waals surface area (Å²) in [6, 6.07) is 4.78. The molecule has 22 heavy (non-hydrogen) atoms. The van der Waals surface area contributed by atoms with Crippen molar-refractivity contribution in [2.24, 2.45) is 5.92 Å². The van der Waals surface area contributed by atoms with E-state index in [9.17, 15) is 4.39 Å². The molecule has 1 aliphatic heterocycles. The van der Waals surface area contributed by atoms with Gasteiger partial charge in [-0.3, -0.25) is 5.10 Å². The third kappa shape index (κ3) is 3.28. The summed E-state index contributed by atoms with van der Waals surface area (Å²) in [7, 11) is 1.58. The monoisotopic (exact) mass is 305 g/mol. The normalized spacial score (nSPS) is 21.2. The summed E-state index contributed by atoms with van der Waals surface area (Å²) in [6.45, 7) is 1.99. The lowest BCUT2D eigenvalue weighted by atomic mass is 9.97. The fourth-order valence-corrected chi connectivity index (χ4v) is 2.83. The first-order chi connectivity index (χ1) is 10.8. The Hall–Kier alpha value is -1.92. The average Bonchev–Trinajstić information content (AvgIpc) is 3.19. The van der Waals surface area contributed by atoms with E-state index in [4.69, 9.17) is 9.47 Å².